The van der Waals surface area contributed by atoms with Crippen molar-refractivity contribution in [2.75, 3.05) is 20.3 Å². The zero-order chi connectivity index (χ0) is 18.1. The fraction of sp³-hybridized carbons (Fsp3) is 0.300. The summed E-state index contributed by atoms with van der Waals surface area (Å²) in [6.07, 6.45) is 0. The summed E-state index contributed by atoms with van der Waals surface area (Å²) in [6, 6.07) is 18.0. The minimum Gasteiger partial charge on any atom is -0.383 e. The quantitative estimate of drug-likeness (QED) is 0.803. The van der Waals surface area contributed by atoms with Crippen LogP contribution in [0.25, 0.3) is 0 Å². The molecule has 2 amide bonds. The molecule has 1 atom stereocenters. The second-order valence-corrected chi connectivity index (χ2v) is 5.80. The Bertz CT molecular complexity index is 674. The van der Waals surface area contributed by atoms with Crippen molar-refractivity contribution in [3.63, 3.8) is 0 Å². The van der Waals surface area contributed by atoms with Gasteiger partial charge in [0.15, 0.2) is 0 Å². The van der Waals surface area contributed by atoms with E-state index in [1.54, 1.807) is 43.2 Å². The number of hydrogen-bond donors (Lipinski definition) is 1. The van der Waals surface area contributed by atoms with Gasteiger partial charge in [0.25, 0.3) is 5.91 Å². The highest BCUT2D eigenvalue weighted by molar-refractivity contribution is 5.97. The number of hydrogen-bond acceptors (Lipinski definition) is 3. The molecule has 0 aromatic heterocycles. The minimum absolute atomic E-state index is 0.134. The van der Waals surface area contributed by atoms with E-state index in [9.17, 15) is 9.59 Å². The van der Waals surface area contributed by atoms with Crippen molar-refractivity contribution in [1.29, 1.82) is 0 Å². The molecule has 0 saturated heterocycles. The van der Waals surface area contributed by atoms with E-state index in [-0.39, 0.29) is 11.8 Å². The number of carbonyl (C=O) groups is 2. The maximum atomic E-state index is 12.8. The lowest BCUT2D eigenvalue weighted by molar-refractivity contribution is -0.134. The second-order valence-electron chi connectivity index (χ2n) is 5.80. The van der Waals surface area contributed by atoms with E-state index in [0.29, 0.717) is 25.3 Å². The highest BCUT2D eigenvalue weighted by atomic mass is 16.5. The van der Waals surface area contributed by atoms with Gasteiger partial charge in [-0.25, -0.2) is 0 Å². The maximum absolute atomic E-state index is 12.8. The minimum atomic E-state index is -0.617. The Morgan fingerprint density at radius 2 is 1.64 bits per heavy atom. The highest BCUT2D eigenvalue weighted by Crippen LogP contribution is 2.07. The van der Waals surface area contributed by atoms with Crippen molar-refractivity contribution in [3.8, 4) is 0 Å². The van der Waals surface area contributed by atoms with Crippen molar-refractivity contribution >= 4 is 11.8 Å². The van der Waals surface area contributed by atoms with E-state index in [0.717, 1.165) is 5.56 Å². The van der Waals surface area contributed by atoms with Crippen LogP contribution >= 0.6 is 0 Å². The molecule has 0 aliphatic heterocycles. The molecule has 5 nitrogen and oxygen atoms in total. The molecule has 0 radical (unpaired) electrons. The third-order valence-corrected chi connectivity index (χ3v) is 3.85. The summed E-state index contributed by atoms with van der Waals surface area (Å²) in [6.45, 7) is 3.09. The van der Waals surface area contributed by atoms with Gasteiger partial charge in [0.1, 0.15) is 6.04 Å². The molecule has 1 N–H and O–H groups in total. The van der Waals surface area contributed by atoms with Crippen molar-refractivity contribution in [1.82, 2.24) is 10.2 Å². The Morgan fingerprint density at radius 3 is 2.24 bits per heavy atom. The Morgan fingerprint density at radius 1 is 1.04 bits per heavy atom. The van der Waals surface area contributed by atoms with Gasteiger partial charge >= 0.3 is 0 Å². The Hall–Kier alpha value is -2.66. The molecule has 2 aromatic rings. The van der Waals surface area contributed by atoms with Gasteiger partial charge in [-0.3, -0.25) is 9.59 Å². The third-order valence-electron chi connectivity index (χ3n) is 3.85. The van der Waals surface area contributed by atoms with Crippen LogP contribution in [0, 0.1) is 0 Å². The first-order valence-corrected chi connectivity index (χ1v) is 8.29. The SMILES string of the molecule is COCCN(Cc1ccccc1)C(=O)C(C)NC(=O)c1ccccc1. The standard InChI is InChI=1S/C20H24N2O3/c1-16(21-19(23)18-11-7-4-8-12-18)20(24)22(13-14-25-2)15-17-9-5-3-6-10-17/h3-12,16H,13-15H2,1-2H3,(H,21,23). The fourth-order valence-corrected chi connectivity index (χ4v) is 2.48. The fourth-order valence-electron chi connectivity index (χ4n) is 2.48. The number of nitrogens with zero attached hydrogens (tertiary/aromatic N) is 1. The smallest absolute Gasteiger partial charge is 0.251 e. The first-order chi connectivity index (χ1) is 12.1. The Balaban J connectivity index is 2.02. The lowest BCUT2D eigenvalue weighted by Crippen LogP contribution is -2.47. The summed E-state index contributed by atoms with van der Waals surface area (Å²) in [5, 5.41) is 2.77. The first kappa shape index (κ1) is 18.7. The van der Waals surface area contributed by atoms with Crippen LogP contribution < -0.4 is 5.32 Å². The number of methoxy groups -OCH3 is 1. The van der Waals surface area contributed by atoms with E-state index in [2.05, 4.69) is 5.32 Å². The van der Waals surface area contributed by atoms with Gasteiger partial charge in [-0.2, -0.15) is 0 Å². The zero-order valence-corrected chi connectivity index (χ0v) is 14.6. The van der Waals surface area contributed by atoms with Crippen LogP contribution in [0.5, 0.6) is 0 Å². The van der Waals surface area contributed by atoms with E-state index in [4.69, 9.17) is 4.74 Å². The summed E-state index contributed by atoms with van der Waals surface area (Å²) in [5.41, 5.74) is 1.57. The molecule has 132 valence electrons. The van der Waals surface area contributed by atoms with Crippen LogP contribution in [0.2, 0.25) is 0 Å². The van der Waals surface area contributed by atoms with Crippen molar-refractivity contribution in [3.05, 3.63) is 71.8 Å². The van der Waals surface area contributed by atoms with Gasteiger partial charge in [0.05, 0.1) is 6.61 Å². The van der Waals surface area contributed by atoms with Crippen LogP contribution in [0.4, 0.5) is 0 Å². The molecular formula is C20H24N2O3. The summed E-state index contributed by atoms with van der Waals surface area (Å²) in [4.78, 5) is 26.7. The summed E-state index contributed by atoms with van der Waals surface area (Å²) < 4.78 is 5.11. The van der Waals surface area contributed by atoms with Gasteiger partial charge in [-0.1, -0.05) is 48.5 Å². The molecule has 0 fully saturated rings. The molecule has 0 aliphatic rings. The van der Waals surface area contributed by atoms with Gasteiger partial charge in [0, 0.05) is 25.8 Å². The molecule has 5 heteroatoms. The van der Waals surface area contributed by atoms with E-state index >= 15 is 0 Å². The molecule has 2 rings (SSSR count). The molecule has 0 spiro atoms. The monoisotopic (exact) mass is 340 g/mol. The van der Waals surface area contributed by atoms with Crippen molar-refractivity contribution in [2.45, 2.75) is 19.5 Å². The predicted molar refractivity (Wildman–Crippen MR) is 97.1 cm³/mol. The average Bonchev–Trinajstić information content (AvgIpc) is 2.66. The van der Waals surface area contributed by atoms with Crippen LogP contribution in [-0.4, -0.2) is 43.0 Å². The zero-order valence-electron chi connectivity index (χ0n) is 14.6. The number of amides is 2. The van der Waals surface area contributed by atoms with Crippen molar-refractivity contribution in [2.24, 2.45) is 0 Å². The lowest BCUT2D eigenvalue weighted by atomic mass is 10.1. The normalized spacial score (nSPS) is 11.6. The average molecular weight is 340 g/mol. The van der Waals surface area contributed by atoms with Gasteiger partial charge in [-0.05, 0) is 24.6 Å². The third kappa shape index (κ3) is 5.72. The van der Waals surface area contributed by atoms with Gasteiger partial charge in [-0.15, -0.1) is 0 Å². The Labute approximate surface area is 148 Å². The number of nitrogens with one attached hydrogen (secondary N) is 1. The molecular weight excluding hydrogens is 316 g/mol. The molecule has 0 heterocycles. The number of ether oxygens (including phenoxy) is 1. The molecule has 1 unspecified atom stereocenters. The lowest BCUT2D eigenvalue weighted by Gasteiger charge is -2.26. The predicted octanol–water partition coefficient (Wildman–Crippen LogP) is 2.48. The molecule has 25 heavy (non-hydrogen) atoms. The van der Waals surface area contributed by atoms with Crippen LogP contribution in [0.3, 0.4) is 0 Å². The van der Waals surface area contributed by atoms with Crippen molar-refractivity contribution < 1.29 is 14.3 Å². The van der Waals surface area contributed by atoms with Crippen LogP contribution in [0.1, 0.15) is 22.8 Å². The van der Waals surface area contributed by atoms with Gasteiger partial charge in [0.2, 0.25) is 5.91 Å². The summed E-state index contributed by atoms with van der Waals surface area (Å²) in [7, 11) is 1.60. The highest BCUT2D eigenvalue weighted by Gasteiger charge is 2.22. The van der Waals surface area contributed by atoms with Gasteiger partial charge < -0.3 is 15.0 Å². The van der Waals surface area contributed by atoms with E-state index in [1.807, 2.05) is 36.4 Å². The van der Waals surface area contributed by atoms with Crippen LogP contribution in [-0.2, 0) is 16.1 Å². The number of rotatable bonds is 8. The van der Waals surface area contributed by atoms with E-state index in [1.165, 1.54) is 0 Å². The second kappa shape index (κ2) is 9.59. The first-order valence-electron chi connectivity index (χ1n) is 8.29. The molecule has 0 aliphatic carbocycles. The van der Waals surface area contributed by atoms with E-state index < -0.39 is 6.04 Å². The number of benzene rings is 2. The summed E-state index contributed by atoms with van der Waals surface area (Å²) in [5.74, 6) is -0.391. The maximum Gasteiger partial charge on any atom is 0.251 e. The topological polar surface area (TPSA) is 58.6 Å². The number of carbonyl (C=O) groups excluding carboxylic acids is 2. The largest absolute Gasteiger partial charge is 0.383 e. The van der Waals surface area contributed by atoms with Crippen LogP contribution in [0.15, 0.2) is 60.7 Å². The summed E-state index contributed by atoms with van der Waals surface area (Å²) >= 11 is 0. The molecule has 2 aromatic carbocycles. The molecule has 0 bridgehead atoms. The Kier molecular flexibility index (Phi) is 7.16. The molecule has 0 saturated carbocycles.